The predicted octanol–water partition coefficient (Wildman–Crippen LogP) is 8.21. The van der Waals surface area contributed by atoms with Gasteiger partial charge in [0.15, 0.2) is 0 Å². The Bertz CT molecular complexity index is 912. The Morgan fingerprint density at radius 1 is 0.811 bits per heavy atom. The van der Waals surface area contributed by atoms with Crippen molar-refractivity contribution in [3.05, 3.63) is 70.8 Å². The zero-order valence-electron chi connectivity index (χ0n) is 22.6. The molecule has 1 saturated heterocycles. The van der Waals surface area contributed by atoms with Crippen molar-refractivity contribution in [2.24, 2.45) is 0 Å². The van der Waals surface area contributed by atoms with Crippen LogP contribution in [0.25, 0.3) is 0 Å². The quantitative estimate of drug-likeness (QED) is 0.369. The molecule has 200 valence electrons. The van der Waals surface area contributed by atoms with Crippen molar-refractivity contribution in [1.82, 2.24) is 5.32 Å². The van der Waals surface area contributed by atoms with Gasteiger partial charge in [-0.3, -0.25) is 0 Å². The Hall–Kier alpha value is -2.33. The van der Waals surface area contributed by atoms with Crippen LogP contribution < -0.4 is 5.32 Å². The first-order valence-corrected chi connectivity index (χ1v) is 15.0. The molecular weight excluding hydrogens is 458 g/mol. The fourth-order valence-electron chi connectivity index (χ4n) is 6.91. The molecule has 2 aromatic rings. The van der Waals surface area contributed by atoms with Crippen molar-refractivity contribution in [2.75, 3.05) is 13.2 Å². The number of nitrogens with one attached hydrogen (secondary N) is 1. The van der Waals surface area contributed by atoms with Crippen molar-refractivity contribution in [3.8, 4) is 0 Å². The number of hydrogen-bond donors (Lipinski definition) is 1. The standard InChI is InChI=1S/C33H45NO3/c1-2-21-36-33(35)37-30-22-31(34-23-30)32(28-17-13-26(14-18-28)24-9-5-3-6-10-24)29-19-15-27(16-20-29)25-11-7-4-8-12-25/h13-20,24-25,30-32,34H,2-12,21-23H2,1H3/t30-,31?/m1/s1. The second-order valence-corrected chi connectivity index (χ2v) is 11.6. The number of carbonyl (C=O) groups is 1. The Morgan fingerprint density at radius 3 is 1.81 bits per heavy atom. The second-order valence-electron chi connectivity index (χ2n) is 11.6. The van der Waals surface area contributed by atoms with E-state index in [2.05, 4.69) is 53.8 Å². The lowest BCUT2D eigenvalue weighted by Crippen LogP contribution is -2.29. The largest absolute Gasteiger partial charge is 0.508 e. The van der Waals surface area contributed by atoms with Gasteiger partial charge in [0.1, 0.15) is 6.10 Å². The second kappa shape index (κ2) is 13.0. The lowest BCUT2D eigenvalue weighted by Gasteiger charge is -2.27. The summed E-state index contributed by atoms with van der Waals surface area (Å²) in [6.45, 7) is 3.07. The fourth-order valence-corrected chi connectivity index (χ4v) is 6.91. The molecule has 1 unspecified atom stereocenters. The van der Waals surface area contributed by atoms with Crippen molar-refractivity contribution in [3.63, 3.8) is 0 Å². The van der Waals surface area contributed by atoms with Gasteiger partial charge in [-0.2, -0.15) is 0 Å². The van der Waals surface area contributed by atoms with E-state index in [1.807, 2.05) is 6.92 Å². The summed E-state index contributed by atoms with van der Waals surface area (Å²) in [5.74, 6) is 1.65. The van der Waals surface area contributed by atoms with E-state index in [4.69, 9.17) is 9.47 Å². The van der Waals surface area contributed by atoms with Crippen LogP contribution in [0.1, 0.15) is 124 Å². The number of benzene rings is 2. The van der Waals surface area contributed by atoms with E-state index in [0.717, 1.165) is 12.8 Å². The monoisotopic (exact) mass is 503 g/mol. The van der Waals surface area contributed by atoms with Gasteiger partial charge in [0.2, 0.25) is 0 Å². The van der Waals surface area contributed by atoms with Gasteiger partial charge in [-0.05, 0) is 66.2 Å². The highest BCUT2D eigenvalue weighted by molar-refractivity contribution is 5.60. The van der Waals surface area contributed by atoms with Gasteiger partial charge < -0.3 is 14.8 Å². The van der Waals surface area contributed by atoms with Gasteiger partial charge in [-0.25, -0.2) is 4.79 Å². The van der Waals surface area contributed by atoms with Crippen molar-refractivity contribution < 1.29 is 14.3 Å². The highest BCUT2D eigenvalue weighted by atomic mass is 16.7. The SMILES string of the molecule is CCCOC(=O)O[C@H]1CNC(C(c2ccc(C3CCCCC3)cc2)c2ccc(C3CCCCC3)cc2)C1. The van der Waals surface area contributed by atoms with E-state index >= 15 is 0 Å². The van der Waals surface area contributed by atoms with E-state index < -0.39 is 6.16 Å². The summed E-state index contributed by atoms with van der Waals surface area (Å²) in [5.41, 5.74) is 5.68. The molecule has 1 aliphatic heterocycles. The third kappa shape index (κ3) is 6.76. The molecule has 0 bridgehead atoms. The molecule has 0 radical (unpaired) electrons. The van der Waals surface area contributed by atoms with Gasteiger partial charge in [0.25, 0.3) is 0 Å². The van der Waals surface area contributed by atoms with Crippen molar-refractivity contribution in [2.45, 2.75) is 114 Å². The summed E-state index contributed by atoms with van der Waals surface area (Å²) >= 11 is 0. The maximum atomic E-state index is 12.1. The predicted molar refractivity (Wildman–Crippen MR) is 149 cm³/mol. The zero-order valence-corrected chi connectivity index (χ0v) is 22.6. The van der Waals surface area contributed by atoms with E-state index in [1.165, 1.54) is 86.5 Å². The Balaban J connectivity index is 1.34. The first-order valence-electron chi connectivity index (χ1n) is 15.0. The van der Waals surface area contributed by atoms with Crippen LogP contribution in [0, 0.1) is 0 Å². The Morgan fingerprint density at radius 2 is 1.32 bits per heavy atom. The van der Waals surface area contributed by atoms with E-state index in [1.54, 1.807) is 0 Å². The fraction of sp³-hybridized carbons (Fsp3) is 0.606. The van der Waals surface area contributed by atoms with Crippen LogP contribution in [0.15, 0.2) is 48.5 Å². The van der Waals surface area contributed by atoms with Crippen molar-refractivity contribution >= 4 is 6.16 Å². The number of carbonyl (C=O) groups excluding carboxylic acids is 1. The normalized spacial score (nSPS) is 23.3. The first kappa shape index (κ1) is 26.3. The highest BCUT2D eigenvalue weighted by Crippen LogP contribution is 2.38. The molecule has 37 heavy (non-hydrogen) atoms. The molecule has 2 saturated carbocycles. The molecule has 2 aromatic carbocycles. The molecular formula is C33H45NO3. The maximum Gasteiger partial charge on any atom is 0.508 e. The number of ether oxygens (including phenoxy) is 2. The topological polar surface area (TPSA) is 47.6 Å². The third-order valence-corrected chi connectivity index (χ3v) is 8.96. The molecule has 4 nitrogen and oxygen atoms in total. The smallest absolute Gasteiger partial charge is 0.434 e. The maximum absolute atomic E-state index is 12.1. The van der Waals surface area contributed by atoms with E-state index in [-0.39, 0.29) is 18.1 Å². The average Bonchev–Trinajstić information content (AvgIpc) is 3.41. The van der Waals surface area contributed by atoms with E-state index in [0.29, 0.717) is 25.0 Å². The van der Waals surface area contributed by atoms with Crippen LogP contribution in [0.2, 0.25) is 0 Å². The molecule has 0 amide bonds. The first-order chi connectivity index (χ1) is 18.2. The zero-order chi connectivity index (χ0) is 25.5. The van der Waals surface area contributed by atoms with Crippen LogP contribution >= 0.6 is 0 Å². The number of hydrogen-bond acceptors (Lipinski definition) is 4. The summed E-state index contributed by atoms with van der Waals surface area (Å²) in [7, 11) is 0. The van der Waals surface area contributed by atoms with Gasteiger partial charge in [-0.15, -0.1) is 0 Å². The van der Waals surface area contributed by atoms with Crippen molar-refractivity contribution in [1.29, 1.82) is 0 Å². The lowest BCUT2D eigenvalue weighted by atomic mass is 9.79. The van der Waals surface area contributed by atoms with Crippen LogP contribution in [-0.4, -0.2) is 31.5 Å². The molecule has 0 aromatic heterocycles. The summed E-state index contributed by atoms with van der Waals surface area (Å²) in [4.78, 5) is 12.1. The minimum Gasteiger partial charge on any atom is -0.434 e. The van der Waals surface area contributed by atoms with Gasteiger partial charge in [0, 0.05) is 24.9 Å². The van der Waals surface area contributed by atoms with Gasteiger partial charge in [0.05, 0.1) is 6.61 Å². The molecule has 5 rings (SSSR count). The molecule has 4 heteroatoms. The van der Waals surface area contributed by atoms with Crippen LogP contribution in [-0.2, 0) is 9.47 Å². The molecule has 2 aliphatic carbocycles. The minimum absolute atomic E-state index is 0.153. The molecule has 3 fully saturated rings. The Kier molecular flexibility index (Phi) is 9.20. The molecule has 3 aliphatic rings. The van der Waals surface area contributed by atoms with E-state index in [9.17, 15) is 4.79 Å². The molecule has 0 spiro atoms. The lowest BCUT2D eigenvalue weighted by molar-refractivity contribution is 0.0289. The van der Waals surface area contributed by atoms with Crippen LogP contribution in [0.4, 0.5) is 4.79 Å². The summed E-state index contributed by atoms with van der Waals surface area (Å²) < 4.78 is 10.8. The highest BCUT2D eigenvalue weighted by Gasteiger charge is 2.35. The Labute approximate surface area is 223 Å². The minimum atomic E-state index is -0.542. The summed E-state index contributed by atoms with van der Waals surface area (Å²) in [5, 5.41) is 3.69. The third-order valence-electron chi connectivity index (χ3n) is 8.96. The van der Waals surface area contributed by atoms with Gasteiger partial charge >= 0.3 is 6.16 Å². The molecule has 2 atom stereocenters. The molecule has 1 N–H and O–H groups in total. The van der Waals surface area contributed by atoms with Crippen LogP contribution in [0.5, 0.6) is 0 Å². The van der Waals surface area contributed by atoms with Crippen LogP contribution in [0.3, 0.4) is 0 Å². The average molecular weight is 504 g/mol. The molecule has 1 heterocycles. The number of rotatable bonds is 8. The summed E-state index contributed by atoms with van der Waals surface area (Å²) in [6.07, 6.45) is 14.4. The van der Waals surface area contributed by atoms with Gasteiger partial charge in [-0.1, -0.05) is 94.0 Å². The summed E-state index contributed by atoms with van der Waals surface area (Å²) in [6, 6.07) is 19.1.